The second-order valence-corrected chi connectivity index (χ2v) is 2.01. The van der Waals surface area contributed by atoms with Gasteiger partial charge >= 0.3 is 0 Å². The predicted octanol–water partition coefficient (Wildman–Crippen LogP) is -4.36. The fourth-order valence-corrected chi connectivity index (χ4v) is 0.603. The van der Waals surface area contributed by atoms with Crippen LogP contribution in [0.1, 0.15) is 6.92 Å². The molecule has 2 unspecified atom stereocenters. The van der Waals surface area contributed by atoms with Crippen molar-refractivity contribution in [3.63, 3.8) is 0 Å². The van der Waals surface area contributed by atoms with Gasteiger partial charge in [0.05, 0.1) is 6.04 Å². The molecule has 0 aromatic heterocycles. The Morgan fingerprint density at radius 3 is 2.11 bits per heavy atom. The van der Waals surface area contributed by atoms with E-state index in [2.05, 4.69) is 0 Å². The van der Waals surface area contributed by atoms with E-state index in [1.807, 2.05) is 14.0 Å². The van der Waals surface area contributed by atoms with Crippen molar-refractivity contribution in [1.29, 1.82) is 0 Å². The van der Waals surface area contributed by atoms with Crippen LogP contribution in [-0.2, 0) is 25.2 Å². The van der Waals surface area contributed by atoms with E-state index in [1.54, 1.807) is 6.54 Å². The summed E-state index contributed by atoms with van der Waals surface area (Å²) in [5, 5.41) is 0. The van der Waals surface area contributed by atoms with Gasteiger partial charge in [-0.1, -0.05) is 0 Å². The van der Waals surface area contributed by atoms with Crippen LogP contribution < -0.4 is 17.3 Å². The van der Waals surface area contributed by atoms with Crippen LogP contribution in [0.4, 0.5) is 0 Å². The Morgan fingerprint density at radius 1 is 1.67 bits per heavy atom. The van der Waals surface area contributed by atoms with E-state index in [0.717, 1.165) is 0 Å². The molecule has 1 aliphatic heterocycles. The molecule has 0 spiro atoms. The first-order valence-corrected chi connectivity index (χ1v) is 2.44. The number of carbonyl (C=O) groups excluding carboxylic acids is 1. The molecule has 1 aliphatic rings. The summed E-state index contributed by atoms with van der Waals surface area (Å²) >= 11 is 0. The van der Waals surface area contributed by atoms with Crippen molar-refractivity contribution in [3.05, 3.63) is 6.54 Å². The molecule has 2 atom stereocenters. The van der Waals surface area contributed by atoms with E-state index in [1.165, 1.54) is 4.90 Å². The van der Waals surface area contributed by atoms with Crippen LogP contribution in [0.15, 0.2) is 0 Å². The van der Waals surface area contributed by atoms with Gasteiger partial charge in [0.25, 0.3) is 0 Å². The molecule has 1 N–H and O–H groups in total. The maximum atomic E-state index is 10.4. The third kappa shape index (κ3) is 2.27. The van der Waals surface area contributed by atoms with Crippen molar-refractivity contribution in [1.82, 2.24) is 0 Å². The minimum Gasteiger partial charge on any atom is -1.00 e. The van der Waals surface area contributed by atoms with Gasteiger partial charge < -0.3 is 22.1 Å². The first-order valence-electron chi connectivity index (χ1n) is 2.44. The zero-order chi connectivity index (χ0) is 5.44. The Kier molecular flexibility index (Phi) is 5.80. The summed E-state index contributed by atoms with van der Waals surface area (Å²) in [5.41, 5.74) is 0. The van der Waals surface area contributed by atoms with E-state index in [-0.39, 0.29) is 44.7 Å². The van der Waals surface area contributed by atoms with Gasteiger partial charge in [0.1, 0.15) is 5.78 Å². The van der Waals surface area contributed by atoms with Crippen molar-refractivity contribution >= 4 is 5.78 Å². The molecule has 0 saturated carbocycles. The van der Waals surface area contributed by atoms with Gasteiger partial charge in [-0.15, -0.1) is 6.54 Å². The number of quaternary nitrogens is 1. The minimum absolute atomic E-state index is 0. The van der Waals surface area contributed by atoms with Crippen molar-refractivity contribution in [2.75, 3.05) is 7.05 Å². The van der Waals surface area contributed by atoms with Crippen LogP contribution in [-0.4, -0.2) is 18.9 Å². The predicted molar refractivity (Wildman–Crippen MR) is 25.7 cm³/mol. The maximum absolute atomic E-state index is 10.4. The summed E-state index contributed by atoms with van der Waals surface area (Å²) in [4.78, 5) is 11.6. The first kappa shape index (κ1) is 12.2. The molecule has 2 nitrogen and oxygen atoms in total. The van der Waals surface area contributed by atoms with Crippen molar-refractivity contribution in [3.8, 4) is 0 Å². The third-order valence-corrected chi connectivity index (χ3v) is 1.48. The van der Waals surface area contributed by atoms with E-state index in [4.69, 9.17) is 0 Å². The van der Waals surface area contributed by atoms with E-state index in [9.17, 15) is 4.79 Å². The zero-order valence-corrected chi connectivity index (χ0v) is 8.79. The second kappa shape index (κ2) is 4.30. The van der Waals surface area contributed by atoms with Crippen LogP contribution in [0, 0.1) is 6.54 Å². The van der Waals surface area contributed by atoms with Gasteiger partial charge in [0.2, 0.25) is 0 Å². The molecular weight excluding hydrogens is 312 g/mol. The summed E-state index contributed by atoms with van der Waals surface area (Å²) in [7, 11) is 1.98. The molecule has 1 rings (SSSR count). The van der Waals surface area contributed by atoms with Crippen LogP contribution in [0.25, 0.3) is 0 Å². The van der Waals surface area contributed by atoms with E-state index >= 15 is 0 Å². The molecule has 9 heavy (non-hydrogen) atoms. The number of carbonyl (C=O) groups is 1. The summed E-state index contributed by atoms with van der Waals surface area (Å²) < 4.78 is 0. The second-order valence-electron chi connectivity index (χ2n) is 2.01. The summed E-state index contributed by atoms with van der Waals surface area (Å²) in [6.07, 6.45) is 0. The van der Waals surface area contributed by atoms with Gasteiger partial charge in [-0.3, -0.25) is 0 Å². The average Bonchev–Trinajstić information content (AvgIpc) is 1.68. The Balaban J connectivity index is 0. The number of nitrogens with one attached hydrogen (secondary N) is 1. The smallest absolute Gasteiger partial charge is 0.106 e. The summed E-state index contributed by atoms with van der Waals surface area (Å²) in [5.74, 6) is 0.275. The Hall–Kier alpha value is 0.452. The SMILES string of the molecule is CC1C(=O)[CH-][NH+]1C.[Cl-].[Re]. The topological polar surface area (TPSA) is 21.5 Å². The third-order valence-electron chi connectivity index (χ3n) is 1.48. The molecule has 1 fully saturated rings. The molecule has 1 heterocycles. The monoisotopic (exact) mass is 321 g/mol. The van der Waals surface area contributed by atoms with Crippen LogP contribution in [0.5, 0.6) is 0 Å². The number of hydrogen-bond acceptors (Lipinski definition) is 1. The molecule has 55 valence electrons. The van der Waals surface area contributed by atoms with Crippen molar-refractivity contribution in [2.24, 2.45) is 0 Å². The van der Waals surface area contributed by atoms with E-state index in [0.29, 0.717) is 0 Å². The van der Waals surface area contributed by atoms with Gasteiger partial charge in [0, 0.05) is 27.5 Å². The van der Waals surface area contributed by atoms with Crippen molar-refractivity contribution < 1.29 is 42.5 Å². The number of Topliss-reactive ketones (excluding diaryl/α,β-unsaturated/α-hetero) is 1. The molecule has 1 saturated heterocycles. The quantitative estimate of drug-likeness (QED) is 0.448. The van der Waals surface area contributed by atoms with Gasteiger partial charge in [-0.05, 0) is 6.92 Å². The molecule has 0 bridgehead atoms. The van der Waals surface area contributed by atoms with Gasteiger partial charge in [-0.25, -0.2) is 0 Å². The largest absolute Gasteiger partial charge is 1.00 e. The zero-order valence-electron chi connectivity index (χ0n) is 5.32. The molecule has 4 heteroatoms. The standard InChI is InChI=1S/C5H9NO.ClH.Re/c1-4-5(7)3-6(4)2;;/h3-4,6H,1-2H3;1H;/p-1. The Morgan fingerprint density at radius 2 is 2.11 bits per heavy atom. The number of likely N-dealkylation sites (tertiary alicyclic amines) is 1. The van der Waals surface area contributed by atoms with Gasteiger partial charge in [0.15, 0.2) is 0 Å². The molecule has 0 amide bonds. The number of likely N-dealkylation sites (N-methyl/N-ethyl adjacent to an activating group) is 1. The molecule has 1 radical (unpaired) electrons. The summed E-state index contributed by atoms with van der Waals surface area (Å²) in [6.45, 7) is 3.61. The van der Waals surface area contributed by atoms with Crippen LogP contribution in [0.3, 0.4) is 0 Å². The normalized spacial score (nSPS) is 30.7. The fourth-order valence-electron chi connectivity index (χ4n) is 0.603. The summed E-state index contributed by atoms with van der Waals surface area (Å²) in [6, 6.07) is 0.222. The molecule has 0 aliphatic carbocycles. The average molecular weight is 321 g/mol. The number of halogens is 1. The number of ketones is 1. The van der Waals surface area contributed by atoms with Gasteiger partial charge in [-0.2, -0.15) is 0 Å². The molecule has 0 aromatic rings. The van der Waals surface area contributed by atoms with Crippen molar-refractivity contribution in [2.45, 2.75) is 13.0 Å². The molecular formula is C5H9ClNORe-. The first-order chi connectivity index (χ1) is 3.22. The van der Waals surface area contributed by atoms with Crippen LogP contribution >= 0.6 is 0 Å². The van der Waals surface area contributed by atoms with Crippen LogP contribution in [0.2, 0.25) is 0 Å². The molecule has 0 aromatic carbocycles. The minimum atomic E-state index is 0. The Bertz CT molecular complexity index is 109. The number of rotatable bonds is 0. The Labute approximate surface area is 75.0 Å². The fraction of sp³-hybridized carbons (Fsp3) is 0.600. The maximum Gasteiger partial charge on any atom is 0.106 e. The number of hydrogen-bond donors (Lipinski definition) is 1. The van der Waals surface area contributed by atoms with E-state index < -0.39 is 0 Å².